The second-order valence-corrected chi connectivity index (χ2v) is 5.74. The molecular formula is C18H22ClNO. The number of nitrogens with one attached hydrogen (secondary N) is 1. The Balaban J connectivity index is 2.24. The van der Waals surface area contributed by atoms with Gasteiger partial charge in [0.1, 0.15) is 11.5 Å². The summed E-state index contributed by atoms with van der Waals surface area (Å²) in [7, 11) is 0. The topological polar surface area (TPSA) is 21.3 Å². The highest BCUT2D eigenvalue weighted by Crippen LogP contribution is 2.30. The summed E-state index contributed by atoms with van der Waals surface area (Å²) >= 11 is 6.06. The summed E-state index contributed by atoms with van der Waals surface area (Å²) in [5, 5.41) is 4.11. The summed E-state index contributed by atoms with van der Waals surface area (Å²) < 4.78 is 6.08. The molecule has 0 unspecified atom stereocenters. The van der Waals surface area contributed by atoms with Gasteiger partial charge in [0.05, 0.1) is 0 Å². The fourth-order valence-electron chi connectivity index (χ4n) is 2.15. The number of hydrogen-bond acceptors (Lipinski definition) is 2. The first-order chi connectivity index (χ1) is 10.1. The van der Waals surface area contributed by atoms with E-state index in [9.17, 15) is 0 Å². The van der Waals surface area contributed by atoms with Crippen molar-refractivity contribution in [1.82, 2.24) is 5.32 Å². The van der Waals surface area contributed by atoms with E-state index < -0.39 is 0 Å². The zero-order valence-electron chi connectivity index (χ0n) is 12.9. The summed E-state index contributed by atoms with van der Waals surface area (Å²) in [5.74, 6) is 1.69. The van der Waals surface area contributed by atoms with Gasteiger partial charge in [-0.2, -0.15) is 0 Å². The van der Waals surface area contributed by atoms with Gasteiger partial charge in [0.15, 0.2) is 0 Å². The van der Waals surface area contributed by atoms with E-state index in [1.165, 1.54) is 11.1 Å². The molecule has 0 bridgehead atoms. The van der Waals surface area contributed by atoms with E-state index in [-0.39, 0.29) is 0 Å². The minimum absolute atomic E-state index is 0.688. The van der Waals surface area contributed by atoms with Crippen LogP contribution in [0, 0.1) is 13.8 Å². The lowest BCUT2D eigenvalue weighted by atomic mass is 10.1. The van der Waals surface area contributed by atoms with Crippen LogP contribution in [0.5, 0.6) is 11.5 Å². The molecule has 0 aliphatic heterocycles. The van der Waals surface area contributed by atoms with Crippen LogP contribution < -0.4 is 10.1 Å². The normalized spacial score (nSPS) is 10.7. The molecule has 2 aromatic rings. The van der Waals surface area contributed by atoms with Crippen molar-refractivity contribution in [3.05, 3.63) is 58.1 Å². The number of halogens is 1. The van der Waals surface area contributed by atoms with Crippen LogP contribution in [-0.2, 0) is 6.54 Å². The Morgan fingerprint density at radius 3 is 2.62 bits per heavy atom. The van der Waals surface area contributed by atoms with E-state index in [1.54, 1.807) is 0 Å². The molecule has 0 amide bonds. The summed E-state index contributed by atoms with van der Waals surface area (Å²) in [6.07, 6.45) is 1.12. The van der Waals surface area contributed by atoms with Gasteiger partial charge in [0.25, 0.3) is 0 Å². The Kier molecular flexibility index (Phi) is 5.66. The molecule has 0 spiro atoms. The lowest BCUT2D eigenvalue weighted by Crippen LogP contribution is -2.14. The molecule has 0 aromatic heterocycles. The molecule has 3 heteroatoms. The first-order valence-electron chi connectivity index (χ1n) is 7.34. The molecule has 2 rings (SSSR count). The monoisotopic (exact) mass is 303 g/mol. The Morgan fingerprint density at radius 2 is 1.86 bits per heavy atom. The summed E-state index contributed by atoms with van der Waals surface area (Å²) in [6, 6.07) is 12.0. The van der Waals surface area contributed by atoms with Crippen LogP contribution in [0.2, 0.25) is 5.02 Å². The smallest absolute Gasteiger partial charge is 0.131 e. The third kappa shape index (κ3) is 4.48. The second-order valence-electron chi connectivity index (χ2n) is 5.30. The third-order valence-electron chi connectivity index (χ3n) is 3.33. The number of aryl methyl sites for hydroxylation is 2. The lowest BCUT2D eigenvalue weighted by molar-refractivity contribution is 0.469. The van der Waals surface area contributed by atoms with E-state index in [0.717, 1.165) is 36.6 Å². The molecule has 0 aliphatic rings. The van der Waals surface area contributed by atoms with Crippen LogP contribution in [0.1, 0.15) is 30.0 Å². The zero-order chi connectivity index (χ0) is 15.2. The SMILES string of the molecule is CCCNCc1cc(C)ccc1Oc1cc(Cl)ccc1C. The molecule has 0 fully saturated rings. The van der Waals surface area contributed by atoms with E-state index in [0.29, 0.717) is 5.02 Å². The minimum atomic E-state index is 0.688. The highest BCUT2D eigenvalue weighted by Gasteiger charge is 2.08. The Bertz CT molecular complexity index is 610. The molecule has 1 N–H and O–H groups in total. The molecular weight excluding hydrogens is 282 g/mol. The average molecular weight is 304 g/mol. The van der Waals surface area contributed by atoms with Gasteiger partial charge in [-0.05, 0) is 50.6 Å². The van der Waals surface area contributed by atoms with Gasteiger partial charge >= 0.3 is 0 Å². The van der Waals surface area contributed by atoms with Gasteiger partial charge in [-0.15, -0.1) is 0 Å². The fraction of sp³-hybridized carbons (Fsp3) is 0.333. The molecule has 2 aromatic carbocycles. The van der Waals surface area contributed by atoms with Crippen molar-refractivity contribution >= 4 is 11.6 Å². The zero-order valence-corrected chi connectivity index (χ0v) is 13.6. The number of ether oxygens (including phenoxy) is 1. The van der Waals surface area contributed by atoms with Gasteiger partial charge in [-0.25, -0.2) is 0 Å². The molecule has 21 heavy (non-hydrogen) atoms. The molecule has 0 radical (unpaired) electrons. The van der Waals surface area contributed by atoms with Crippen molar-refractivity contribution in [2.45, 2.75) is 33.7 Å². The first-order valence-corrected chi connectivity index (χ1v) is 7.72. The van der Waals surface area contributed by atoms with E-state index >= 15 is 0 Å². The fourth-order valence-corrected chi connectivity index (χ4v) is 2.31. The maximum absolute atomic E-state index is 6.08. The third-order valence-corrected chi connectivity index (χ3v) is 3.56. The minimum Gasteiger partial charge on any atom is -0.457 e. The predicted molar refractivity (Wildman–Crippen MR) is 89.4 cm³/mol. The largest absolute Gasteiger partial charge is 0.457 e. The second kappa shape index (κ2) is 7.48. The summed E-state index contributed by atoms with van der Waals surface area (Å²) in [5.41, 5.74) is 3.48. The Hall–Kier alpha value is -1.51. The Morgan fingerprint density at radius 1 is 1.05 bits per heavy atom. The maximum Gasteiger partial charge on any atom is 0.131 e. The van der Waals surface area contributed by atoms with Crippen molar-refractivity contribution in [2.24, 2.45) is 0 Å². The maximum atomic E-state index is 6.08. The quantitative estimate of drug-likeness (QED) is 0.736. The molecule has 2 nitrogen and oxygen atoms in total. The summed E-state index contributed by atoms with van der Waals surface area (Å²) in [6.45, 7) is 8.09. The number of hydrogen-bond donors (Lipinski definition) is 1. The highest BCUT2D eigenvalue weighted by atomic mass is 35.5. The molecule has 0 heterocycles. The van der Waals surface area contributed by atoms with Crippen LogP contribution >= 0.6 is 11.6 Å². The number of rotatable bonds is 6. The van der Waals surface area contributed by atoms with Gasteiger partial charge in [0.2, 0.25) is 0 Å². The van der Waals surface area contributed by atoms with Crippen LogP contribution in [0.4, 0.5) is 0 Å². The van der Waals surface area contributed by atoms with Crippen molar-refractivity contribution in [3.63, 3.8) is 0 Å². The molecule has 0 saturated heterocycles. The van der Waals surface area contributed by atoms with Crippen LogP contribution in [-0.4, -0.2) is 6.54 Å². The van der Waals surface area contributed by atoms with Gasteiger partial charge in [0, 0.05) is 17.1 Å². The average Bonchev–Trinajstić information content (AvgIpc) is 2.46. The summed E-state index contributed by atoms with van der Waals surface area (Å²) in [4.78, 5) is 0. The standard InChI is InChI=1S/C18H22ClNO/c1-4-9-20-12-15-10-13(2)5-8-17(15)21-18-11-16(19)7-6-14(18)3/h5-8,10-11,20H,4,9,12H2,1-3H3. The molecule has 112 valence electrons. The van der Waals surface area contributed by atoms with Gasteiger partial charge in [-0.3, -0.25) is 0 Å². The number of benzene rings is 2. The van der Waals surface area contributed by atoms with Crippen LogP contribution in [0.3, 0.4) is 0 Å². The molecule has 0 atom stereocenters. The van der Waals surface area contributed by atoms with Crippen molar-refractivity contribution in [2.75, 3.05) is 6.54 Å². The van der Waals surface area contributed by atoms with Gasteiger partial charge < -0.3 is 10.1 Å². The van der Waals surface area contributed by atoms with E-state index in [1.807, 2.05) is 31.2 Å². The van der Waals surface area contributed by atoms with Gasteiger partial charge in [-0.1, -0.05) is 42.3 Å². The predicted octanol–water partition coefficient (Wildman–Crippen LogP) is 5.25. The highest BCUT2D eigenvalue weighted by molar-refractivity contribution is 6.30. The first kappa shape index (κ1) is 15.9. The van der Waals surface area contributed by atoms with E-state index in [4.69, 9.17) is 16.3 Å². The van der Waals surface area contributed by atoms with Crippen LogP contribution in [0.25, 0.3) is 0 Å². The van der Waals surface area contributed by atoms with Crippen molar-refractivity contribution in [1.29, 1.82) is 0 Å². The molecule has 0 aliphatic carbocycles. The van der Waals surface area contributed by atoms with Crippen LogP contribution in [0.15, 0.2) is 36.4 Å². The lowest BCUT2D eigenvalue weighted by Gasteiger charge is -2.14. The van der Waals surface area contributed by atoms with E-state index in [2.05, 4.69) is 31.3 Å². The van der Waals surface area contributed by atoms with Crippen molar-refractivity contribution in [3.8, 4) is 11.5 Å². The Labute approximate surface area is 132 Å². The van der Waals surface area contributed by atoms with Crippen molar-refractivity contribution < 1.29 is 4.74 Å². The molecule has 0 saturated carbocycles.